The van der Waals surface area contributed by atoms with Crippen molar-refractivity contribution in [2.45, 2.75) is 51.7 Å². The number of rotatable bonds is 7. The van der Waals surface area contributed by atoms with Gasteiger partial charge in [-0.2, -0.15) is 0 Å². The van der Waals surface area contributed by atoms with Crippen LogP contribution in [0.1, 0.15) is 6.42 Å². The van der Waals surface area contributed by atoms with E-state index in [1.54, 1.807) is 6.08 Å². The van der Waals surface area contributed by atoms with Crippen molar-refractivity contribution in [1.29, 1.82) is 0 Å². The summed E-state index contributed by atoms with van der Waals surface area (Å²) in [6, 6.07) is 0. The predicted octanol–water partition coefficient (Wildman–Crippen LogP) is 2.22. The van der Waals surface area contributed by atoms with E-state index in [1.165, 1.54) is 0 Å². The molecule has 0 aromatic heterocycles. The van der Waals surface area contributed by atoms with Crippen LogP contribution in [0.3, 0.4) is 0 Å². The predicted molar refractivity (Wildman–Crippen MR) is 77.4 cm³/mol. The van der Waals surface area contributed by atoms with Gasteiger partial charge in [-0.05, 0) is 39.3 Å². The summed E-state index contributed by atoms with van der Waals surface area (Å²) in [5, 5.41) is 0. The normalized spacial score (nSPS) is 14.1. The lowest BCUT2D eigenvalue weighted by Gasteiger charge is -2.41. The van der Waals surface area contributed by atoms with Crippen molar-refractivity contribution in [1.82, 2.24) is 0 Å². The minimum Gasteiger partial charge on any atom is -0.381 e. The fourth-order valence-electron chi connectivity index (χ4n) is 1.38. The second-order valence-electron chi connectivity index (χ2n) is 5.81. The van der Waals surface area contributed by atoms with E-state index in [9.17, 15) is 0 Å². The van der Waals surface area contributed by atoms with Gasteiger partial charge in [0.15, 0.2) is 27.1 Å². The quantitative estimate of drug-likeness (QED) is 0.406. The molecule has 0 bridgehead atoms. The summed E-state index contributed by atoms with van der Waals surface area (Å²) >= 11 is 0. The topological polar surface area (TPSA) is 27.7 Å². The third-order valence-electron chi connectivity index (χ3n) is 1.63. The van der Waals surface area contributed by atoms with E-state index in [1.807, 2.05) is 0 Å². The highest BCUT2D eigenvalue weighted by atomic mass is 28.4. The van der Waals surface area contributed by atoms with E-state index in [2.05, 4.69) is 45.9 Å². The molecule has 0 aliphatic heterocycles. The van der Waals surface area contributed by atoms with E-state index in [4.69, 9.17) is 13.3 Å². The van der Waals surface area contributed by atoms with Gasteiger partial charge in [-0.25, -0.2) is 0 Å². The van der Waals surface area contributed by atoms with Gasteiger partial charge >= 0.3 is 0 Å². The second-order valence-corrected chi connectivity index (χ2v) is 15.1. The van der Waals surface area contributed by atoms with Crippen molar-refractivity contribution in [3.63, 3.8) is 0 Å². The molecule has 0 aliphatic carbocycles. The molecule has 0 aromatic rings. The molecule has 0 amide bonds. The average Bonchev–Trinajstić information content (AvgIpc) is 1.98. The maximum absolute atomic E-state index is 6.08. The molecule has 0 atom stereocenters. The summed E-state index contributed by atoms with van der Waals surface area (Å²) in [6.45, 7) is 16.6. The monoisotopic (exact) mass is 278 g/mol. The van der Waals surface area contributed by atoms with Crippen LogP contribution in [0.15, 0.2) is 12.7 Å². The van der Waals surface area contributed by atoms with Gasteiger partial charge in [-0.3, -0.25) is 0 Å². The summed E-state index contributed by atoms with van der Waals surface area (Å²) in [6.07, 6.45) is 2.39. The minimum absolute atomic E-state index is 0.588. The Morgan fingerprint density at radius 3 is 1.62 bits per heavy atom. The average molecular weight is 279 g/mol. The summed E-state index contributed by atoms with van der Waals surface area (Å²) in [7, 11) is -2.81. The van der Waals surface area contributed by atoms with Gasteiger partial charge < -0.3 is 13.3 Å². The fourth-order valence-corrected chi connectivity index (χ4v) is 4.41. The SMILES string of the molecule is C=CCC(O[SiH3])(O[Si](C)(C)C)O[Si](C)(C)C. The first-order valence-electron chi connectivity index (χ1n) is 5.60. The molecule has 0 spiro atoms. The van der Waals surface area contributed by atoms with Gasteiger partial charge in [0, 0.05) is 6.42 Å². The molecule has 16 heavy (non-hydrogen) atoms. The minimum atomic E-state index is -1.70. The molecule has 0 fully saturated rings. The zero-order valence-corrected chi connectivity index (χ0v) is 15.7. The van der Waals surface area contributed by atoms with Crippen LogP contribution in [0.5, 0.6) is 0 Å². The summed E-state index contributed by atoms with van der Waals surface area (Å²) < 4.78 is 17.8. The van der Waals surface area contributed by atoms with Crippen LogP contribution in [0, 0.1) is 0 Å². The Bertz CT molecular complexity index is 214. The Kier molecular flexibility index (Phi) is 5.84. The van der Waals surface area contributed by atoms with Crippen LogP contribution in [0.25, 0.3) is 0 Å². The summed E-state index contributed by atoms with van der Waals surface area (Å²) in [4.78, 5) is 0. The number of hydrogen-bond donors (Lipinski definition) is 0. The maximum atomic E-state index is 6.08. The molecule has 3 nitrogen and oxygen atoms in total. The zero-order chi connectivity index (χ0) is 13.0. The van der Waals surface area contributed by atoms with Crippen molar-refractivity contribution in [3.05, 3.63) is 12.7 Å². The van der Waals surface area contributed by atoms with Crippen LogP contribution in [-0.4, -0.2) is 33.1 Å². The molecule has 0 heterocycles. The molecule has 6 heteroatoms. The summed E-state index contributed by atoms with van der Waals surface area (Å²) in [5.74, 6) is -0.872. The van der Waals surface area contributed by atoms with E-state index in [0.29, 0.717) is 16.9 Å². The van der Waals surface area contributed by atoms with Crippen molar-refractivity contribution in [2.75, 3.05) is 0 Å². The molecule has 96 valence electrons. The van der Waals surface area contributed by atoms with Crippen molar-refractivity contribution in [3.8, 4) is 0 Å². The second kappa shape index (κ2) is 5.74. The molecule has 0 rings (SSSR count). The smallest absolute Gasteiger partial charge is 0.257 e. The fraction of sp³-hybridized carbons (Fsp3) is 0.800. The molecule has 0 N–H and O–H groups in total. The Hall–Kier alpha value is 0.271. The lowest BCUT2D eigenvalue weighted by molar-refractivity contribution is -0.260. The Morgan fingerprint density at radius 1 is 1.06 bits per heavy atom. The molecular formula is C10H26O3Si3. The van der Waals surface area contributed by atoms with Gasteiger partial charge in [0.05, 0.1) is 0 Å². The molecule has 0 saturated carbocycles. The molecular weight excluding hydrogens is 252 g/mol. The van der Waals surface area contributed by atoms with E-state index in [-0.39, 0.29) is 0 Å². The van der Waals surface area contributed by atoms with Crippen molar-refractivity contribution < 1.29 is 13.3 Å². The first-order chi connectivity index (χ1) is 7.04. The van der Waals surface area contributed by atoms with Crippen LogP contribution in [0.4, 0.5) is 0 Å². The van der Waals surface area contributed by atoms with Crippen molar-refractivity contribution >= 4 is 27.1 Å². The van der Waals surface area contributed by atoms with Gasteiger partial charge in [-0.1, -0.05) is 6.08 Å². The molecule has 0 saturated heterocycles. The van der Waals surface area contributed by atoms with Crippen LogP contribution >= 0.6 is 0 Å². The first-order valence-corrected chi connectivity index (χ1v) is 13.2. The lowest BCUT2D eigenvalue weighted by atomic mass is 10.4. The van der Waals surface area contributed by atoms with Gasteiger partial charge in [-0.15, -0.1) is 6.58 Å². The standard InChI is InChI=1S/C10H26O3Si3/c1-8-9-10(11-14,12-15(2,3)4)13-16(5,6)7/h8H,1,9H2,2-7,14H3. The number of hydrogen-bond acceptors (Lipinski definition) is 3. The Balaban J connectivity index is 4.92. The van der Waals surface area contributed by atoms with Gasteiger partial charge in [0.1, 0.15) is 0 Å². The first kappa shape index (κ1) is 16.3. The third-order valence-corrected chi connectivity index (χ3v) is 4.10. The third kappa shape index (κ3) is 6.77. The Morgan fingerprint density at radius 2 is 1.44 bits per heavy atom. The molecule has 0 aromatic carbocycles. The van der Waals surface area contributed by atoms with Crippen LogP contribution in [0.2, 0.25) is 39.3 Å². The highest BCUT2D eigenvalue weighted by Crippen LogP contribution is 2.28. The Labute approximate surface area is 105 Å². The lowest BCUT2D eigenvalue weighted by Crippen LogP contribution is -2.51. The molecule has 0 radical (unpaired) electrons. The van der Waals surface area contributed by atoms with E-state index >= 15 is 0 Å². The molecule has 0 aliphatic rings. The van der Waals surface area contributed by atoms with Gasteiger partial charge in [0.2, 0.25) is 0 Å². The zero-order valence-electron chi connectivity index (χ0n) is 11.7. The largest absolute Gasteiger partial charge is 0.381 e. The maximum Gasteiger partial charge on any atom is 0.257 e. The van der Waals surface area contributed by atoms with Crippen molar-refractivity contribution in [2.24, 2.45) is 0 Å². The molecule has 0 unspecified atom stereocenters. The van der Waals surface area contributed by atoms with Crippen LogP contribution in [-0.2, 0) is 13.3 Å². The van der Waals surface area contributed by atoms with E-state index < -0.39 is 22.6 Å². The highest BCUT2D eigenvalue weighted by molar-refractivity contribution is 6.71. The van der Waals surface area contributed by atoms with Crippen LogP contribution < -0.4 is 0 Å². The van der Waals surface area contributed by atoms with Gasteiger partial charge in [0.25, 0.3) is 5.97 Å². The van der Waals surface area contributed by atoms with E-state index in [0.717, 1.165) is 0 Å². The summed E-state index contributed by atoms with van der Waals surface area (Å²) in [5.41, 5.74) is 0. The highest BCUT2D eigenvalue weighted by Gasteiger charge is 2.39.